The van der Waals surface area contributed by atoms with Gasteiger partial charge >= 0.3 is 0 Å². The molecule has 1 aliphatic heterocycles. The van der Waals surface area contributed by atoms with E-state index in [1.54, 1.807) is 11.3 Å². The van der Waals surface area contributed by atoms with Gasteiger partial charge in [-0.25, -0.2) is 0 Å². The quantitative estimate of drug-likeness (QED) is 0.904. The van der Waals surface area contributed by atoms with Crippen molar-refractivity contribution >= 4 is 17.0 Å². The summed E-state index contributed by atoms with van der Waals surface area (Å²) in [6, 6.07) is 10.9. The van der Waals surface area contributed by atoms with Gasteiger partial charge in [0.25, 0.3) is 0 Å². The maximum atomic E-state index is 3.49. The number of benzene rings is 1. The van der Waals surface area contributed by atoms with Gasteiger partial charge in [-0.1, -0.05) is 18.2 Å². The molecule has 1 aliphatic rings. The van der Waals surface area contributed by atoms with Crippen molar-refractivity contribution in [1.82, 2.24) is 4.90 Å². The number of para-hydroxylation sites is 1. The second-order valence-electron chi connectivity index (χ2n) is 4.99. The Hall–Kier alpha value is -1.32. The highest BCUT2D eigenvalue weighted by Crippen LogP contribution is 2.31. The van der Waals surface area contributed by atoms with Gasteiger partial charge in [-0.05, 0) is 41.1 Å². The Morgan fingerprint density at radius 2 is 2.22 bits per heavy atom. The fraction of sp³-hybridized carbons (Fsp3) is 0.333. The van der Waals surface area contributed by atoms with Crippen LogP contribution in [0.2, 0.25) is 0 Å². The average Bonchev–Trinajstić information content (AvgIpc) is 3.00. The van der Waals surface area contributed by atoms with E-state index in [9.17, 15) is 0 Å². The molecule has 3 rings (SSSR count). The van der Waals surface area contributed by atoms with Crippen LogP contribution in [0.15, 0.2) is 41.1 Å². The normalized spacial score (nSPS) is 17.8. The van der Waals surface area contributed by atoms with Crippen LogP contribution in [0, 0.1) is 0 Å². The number of thiophene rings is 1. The number of fused-ring (bicyclic) bond motifs is 1. The summed E-state index contributed by atoms with van der Waals surface area (Å²) >= 11 is 1.77. The largest absolute Gasteiger partial charge is 0.384 e. The third-order valence-corrected chi connectivity index (χ3v) is 4.24. The molecule has 2 heterocycles. The van der Waals surface area contributed by atoms with Gasteiger partial charge in [-0.3, -0.25) is 0 Å². The van der Waals surface area contributed by atoms with E-state index in [4.69, 9.17) is 0 Å². The molecular weight excluding hydrogens is 240 g/mol. The summed E-state index contributed by atoms with van der Waals surface area (Å²) in [7, 11) is 2.21. The fourth-order valence-corrected chi connectivity index (χ4v) is 3.31. The minimum Gasteiger partial charge on any atom is -0.384 e. The summed E-state index contributed by atoms with van der Waals surface area (Å²) in [5, 5.41) is 7.87. The van der Waals surface area contributed by atoms with Gasteiger partial charge in [0, 0.05) is 31.2 Å². The minimum absolute atomic E-state index is 0.616. The Labute approximate surface area is 112 Å². The van der Waals surface area contributed by atoms with Gasteiger partial charge in [0.05, 0.1) is 0 Å². The van der Waals surface area contributed by atoms with Crippen LogP contribution in [0.3, 0.4) is 0 Å². The number of likely N-dealkylation sites (N-methyl/N-ethyl adjacent to an activating group) is 1. The molecule has 1 atom stereocenters. The van der Waals surface area contributed by atoms with Crippen LogP contribution in [0.1, 0.15) is 17.0 Å². The third kappa shape index (κ3) is 2.42. The lowest BCUT2D eigenvalue weighted by Crippen LogP contribution is -2.25. The molecule has 0 spiro atoms. The van der Waals surface area contributed by atoms with E-state index in [1.165, 1.54) is 16.8 Å². The number of anilines is 1. The van der Waals surface area contributed by atoms with Crippen LogP contribution >= 0.6 is 11.3 Å². The number of hydrogen-bond donors (Lipinski definition) is 1. The van der Waals surface area contributed by atoms with Crippen LogP contribution in [0.5, 0.6) is 0 Å². The van der Waals surface area contributed by atoms with Crippen LogP contribution in [0.4, 0.5) is 5.69 Å². The summed E-state index contributed by atoms with van der Waals surface area (Å²) < 4.78 is 0. The molecule has 1 unspecified atom stereocenters. The van der Waals surface area contributed by atoms with Crippen molar-refractivity contribution in [2.24, 2.45) is 0 Å². The molecule has 94 valence electrons. The molecule has 0 amide bonds. The highest BCUT2D eigenvalue weighted by atomic mass is 32.1. The van der Waals surface area contributed by atoms with Gasteiger partial charge in [-0.2, -0.15) is 11.3 Å². The van der Waals surface area contributed by atoms with Crippen molar-refractivity contribution in [3.63, 3.8) is 0 Å². The minimum atomic E-state index is 0.616. The predicted molar refractivity (Wildman–Crippen MR) is 78.3 cm³/mol. The average molecular weight is 258 g/mol. The fourth-order valence-electron chi connectivity index (χ4n) is 2.66. The first-order valence-electron chi connectivity index (χ1n) is 6.35. The van der Waals surface area contributed by atoms with E-state index in [-0.39, 0.29) is 0 Å². The Kier molecular flexibility index (Phi) is 3.35. The molecular formula is C15H18N2S. The van der Waals surface area contributed by atoms with Gasteiger partial charge in [0.15, 0.2) is 0 Å². The first-order chi connectivity index (χ1) is 8.83. The van der Waals surface area contributed by atoms with Crippen LogP contribution < -0.4 is 5.32 Å². The molecule has 1 N–H and O–H groups in total. The molecule has 2 aromatic rings. The summed E-state index contributed by atoms with van der Waals surface area (Å²) in [5.74, 6) is 0.616. The number of hydrogen-bond acceptors (Lipinski definition) is 3. The summed E-state index contributed by atoms with van der Waals surface area (Å²) in [6.45, 7) is 3.22. The van der Waals surface area contributed by atoms with Crippen LogP contribution in [0.25, 0.3) is 0 Å². The lowest BCUT2D eigenvalue weighted by Gasteiger charge is -2.20. The standard InChI is InChI=1S/C15H18N2S/c1-17(9-12-6-7-18-11-12)10-13-8-16-15-5-3-2-4-14(13)15/h2-7,11,13,16H,8-10H2,1H3. The van der Waals surface area contributed by atoms with Crippen molar-refractivity contribution in [1.29, 1.82) is 0 Å². The van der Waals surface area contributed by atoms with Crippen molar-refractivity contribution < 1.29 is 0 Å². The van der Waals surface area contributed by atoms with E-state index >= 15 is 0 Å². The highest BCUT2D eigenvalue weighted by Gasteiger charge is 2.22. The molecule has 1 aromatic carbocycles. The Balaban J connectivity index is 1.64. The summed E-state index contributed by atoms with van der Waals surface area (Å²) in [6.07, 6.45) is 0. The molecule has 0 saturated carbocycles. The Bertz CT molecular complexity index is 507. The highest BCUT2D eigenvalue weighted by molar-refractivity contribution is 7.07. The second-order valence-corrected chi connectivity index (χ2v) is 5.77. The summed E-state index contributed by atoms with van der Waals surface area (Å²) in [4.78, 5) is 2.41. The SMILES string of the molecule is CN(Cc1ccsc1)CC1CNc2ccccc21. The zero-order chi connectivity index (χ0) is 12.4. The van der Waals surface area contributed by atoms with Gasteiger partial charge in [-0.15, -0.1) is 0 Å². The maximum absolute atomic E-state index is 3.49. The van der Waals surface area contributed by atoms with E-state index in [1.807, 2.05) is 0 Å². The Morgan fingerprint density at radius 1 is 1.33 bits per heavy atom. The first kappa shape index (κ1) is 11.8. The van der Waals surface area contributed by atoms with Crippen molar-refractivity contribution in [2.75, 3.05) is 25.5 Å². The third-order valence-electron chi connectivity index (χ3n) is 3.50. The smallest absolute Gasteiger partial charge is 0.0376 e. The van der Waals surface area contributed by atoms with Crippen molar-refractivity contribution in [3.8, 4) is 0 Å². The maximum Gasteiger partial charge on any atom is 0.0376 e. The number of nitrogens with zero attached hydrogens (tertiary/aromatic N) is 1. The molecule has 1 aromatic heterocycles. The molecule has 0 saturated heterocycles. The molecule has 2 nitrogen and oxygen atoms in total. The predicted octanol–water partition coefficient (Wildman–Crippen LogP) is 3.39. The zero-order valence-corrected chi connectivity index (χ0v) is 11.4. The lowest BCUT2D eigenvalue weighted by atomic mass is 10.0. The molecule has 18 heavy (non-hydrogen) atoms. The van der Waals surface area contributed by atoms with Crippen molar-refractivity contribution in [3.05, 3.63) is 52.2 Å². The summed E-state index contributed by atoms with van der Waals surface area (Å²) in [5.41, 5.74) is 4.20. The topological polar surface area (TPSA) is 15.3 Å². The molecule has 0 radical (unpaired) electrons. The van der Waals surface area contributed by atoms with Gasteiger partial charge < -0.3 is 10.2 Å². The van der Waals surface area contributed by atoms with E-state index < -0.39 is 0 Å². The molecule has 0 fully saturated rings. The second kappa shape index (κ2) is 5.12. The monoisotopic (exact) mass is 258 g/mol. The number of rotatable bonds is 4. The number of nitrogens with one attached hydrogen (secondary N) is 1. The molecule has 3 heteroatoms. The van der Waals surface area contributed by atoms with Crippen molar-refractivity contribution in [2.45, 2.75) is 12.5 Å². The van der Waals surface area contributed by atoms with Crippen LogP contribution in [-0.4, -0.2) is 25.0 Å². The van der Waals surface area contributed by atoms with E-state index in [0.29, 0.717) is 5.92 Å². The molecule has 0 aliphatic carbocycles. The van der Waals surface area contributed by atoms with Gasteiger partial charge in [0.2, 0.25) is 0 Å². The lowest BCUT2D eigenvalue weighted by molar-refractivity contribution is 0.310. The first-order valence-corrected chi connectivity index (χ1v) is 7.29. The zero-order valence-electron chi connectivity index (χ0n) is 10.6. The molecule has 0 bridgehead atoms. The van der Waals surface area contributed by atoms with Gasteiger partial charge in [0.1, 0.15) is 0 Å². The Morgan fingerprint density at radius 3 is 3.06 bits per heavy atom. The van der Waals surface area contributed by atoms with E-state index in [0.717, 1.165) is 19.6 Å². The van der Waals surface area contributed by atoms with E-state index in [2.05, 4.69) is 58.4 Å². The van der Waals surface area contributed by atoms with Crippen LogP contribution in [-0.2, 0) is 6.54 Å².